The Morgan fingerprint density at radius 2 is 1.94 bits per heavy atom. The van der Waals surface area contributed by atoms with Crippen molar-refractivity contribution in [2.75, 3.05) is 6.61 Å². The van der Waals surface area contributed by atoms with Gasteiger partial charge in [-0.15, -0.1) is 0 Å². The van der Waals surface area contributed by atoms with Crippen LogP contribution in [0.4, 0.5) is 10.5 Å². The first-order chi connectivity index (χ1) is 14.7. The van der Waals surface area contributed by atoms with Gasteiger partial charge < -0.3 is 35.2 Å². The molecule has 11 heteroatoms. The zero-order valence-corrected chi connectivity index (χ0v) is 16.4. The molecular weight excluding hydrogens is 412 g/mol. The molecule has 0 radical (unpaired) electrons. The highest BCUT2D eigenvalue weighted by atomic mass is 16.7. The average molecular weight is 434 g/mol. The van der Waals surface area contributed by atoms with Crippen LogP contribution in [0.2, 0.25) is 0 Å². The number of hydrogen-bond acceptors (Lipinski definition) is 8. The maximum Gasteiger partial charge on any atom is 0.405 e. The number of hydrogen-bond donors (Lipinski definition) is 5. The summed E-state index contributed by atoms with van der Waals surface area (Å²) in [6.45, 7) is 1.15. The topological polar surface area (TPSA) is 172 Å². The molecule has 2 unspecified atom stereocenters. The number of benzene rings is 2. The van der Waals surface area contributed by atoms with E-state index >= 15 is 0 Å². The van der Waals surface area contributed by atoms with Crippen LogP contribution in [0.25, 0.3) is 11.1 Å². The highest BCUT2D eigenvalue weighted by Gasteiger charge is 2.46. The lowest BCUT2D eigenvalue weighted by Crippen LogP contribution is -2.65. The smallest absolute Gasteiger partial charge is 0.405 e. The molecule has 5 atom stereocenters. The monoisotopic (exact) mass is 434 g/mol. The lowest BCUT2D eigenvalue weighted by atomic mass is 9.96. The van der Waals surface area contributed by atoms with Crippen LogP contribution in [0, 0.1) is 17.0 Å². The molecule has 1 amide bonds. The van der Waals surface area contributed by atoms with Gasteiger partial charge in [0.2, 0.25) is 6.29 Å². The minimum absolute atomic E-state index is 0.00210. The summed E-state index contributed by atoms with van der Waals surface area (Å²) in [5, 5.41) is 52.6. The van der Waals surface area contributed by atoms with Gasteiger partial charge in [-0.1, -0.05) is 35.9 Å². The van der Waals surface area contributed by atoms with Gasteiger partial charge in [-0.2, -0.15) is 0 Å². The van der Waals surface area contributed by atoms with Crippen LogP contribution in [-0.2, 0) is 4.74 Å². The van der Waals surface area contributed by atoms with E-state index in [9.17, 15) is 30.2 Å². The molecule has 5 N–H and O–H groups in total. The normalized spacial score (nSPS) is 25.6. The Bertz CT molecular complexity index is 967. The van der Waals surface area contributed by atoms with E-state index in [1.165, 1.54) is 18.2 Å². The van der Waals surface area contributed by atoms with E-state index in [0.29, 0.717) is 5.56 Å². The van der Waals surface area contributed by atoms with Gasteiger partial charge in [-0.25, -0.2) is 4.79 Å². The number of nitrogens with one attached hydrogen (secondary N) is 1. The Balaban J connectivity index is 2.06. The molecule has 1 aliphatic rings. The number of rotatable bonds is 6. The number of amides is 1. The number of aliphatic hydroxyl groups is 3. The minimum atomic E-state index is -1.66. The van der Waals surface area contributed by atoms with Crippen LogP contribution in [-0.4, -0.2) is 68.7 Å². The van der Waals surface area contributed by atoms with Gasteiger partial charge in [0.1, 0.15) is 35.7 Å². The summed E-state index contributed by atoms with van der Waals surface area (Å²) in [6, 6.07) is 9.62. The summed E-state index contributed by atoms with van der Waals surface area (Å²) in [7, 11) is 0. The van der Waals surface area contributed by atoms with Crippen molar-refractivity contribution >= 4 is 11.8 Å². The minimum Gasteiger partial charge on any atom is -0.465 e. The molecule has 2 aromatic rings. The molecule has 1 fully saturated rings. The lowest BCUT2D eigenvalue weighted by Gasteiger charge is -2.41. The van der Waals surface area contributed by atoms with Crippen molar-refractivity contribution in [1.82, 2.24) is 5.32 Å². The van der Waals surface area contributed by atoms with E-state index in [-0.39, 0.29) is 17.0 Å². The fourth-order valence-electron chi connectivity index (χ4n) is 3.46. The SMILES string of the molecule is Cc1cccc(-c2c(O[C@@H]3OC(CO)[C@H](O)[C@H](O)C3NC(=O)O)cccc2[N+](=O)[O-])c1. The first-order valence-corrected chi connectivity index (χ1v) is 9.36. The molecule has 11 nitrogen and oxygen atoms in total. The highest BCUT2D eigenvalue weighted by Crippen LogP contribution is 2.39. The van der Waals surface area contributed by atoms with Gasteiger partial charge >= 0.3 is 6.09 Å². The molecule has 1 heterocycles. The highest BCUT2D eigenvalue weighted by molar-refractivity contribution is 5.80. The molecule has 0 aromatic heterocycles. The Hall–Kier alpha value is -3.25. The van der Waals surface area contributed by atoms with E-state index in [4.69, 9.17) is 14.6 Å². The van der Waals surface area contributed by atoms with E-state index in [1.807, 2.05) is 18.3 Å². The molecule has 0 saturated carbocycles. The van der Waals surface area contributed by atoms with Crippen LogP contribution in [0.3, 0.4) is 0 Å². The number of nitro groups is 1. The Morgan fingerprint density at radius 3 is 2.55 bits per heavy atom. The fraction of sp³-hybridized carbons (Fsp3) is 0.350. The third kappa shape index (κ3) is 4.75. The number of aliphatic hydroxyl groups excluding tert-OH is 3. The van der Waals surface area contributed by atoms with Crippen molar-refractivity contribution in [1.29, 1.82) is 0 Å². The summed E-state index contributed by atoms with van der Waals surface area (Å²) < 4.78 is 11.3. The van der Waals surface area contributed by atoms with Crippen molar-refractivity contribution in [2.45, 2.75) is 37.6 Å². The average Bonchev–Trinajstić information content (AvgIpc) is 2.72. The summed E-state index contributed by atoms with van der Waals surface area (Å²) in [5.74, 6) is 0.00210. The summed E-state index contributed by atoms with van der Waals surface area (Å²) in [5.41, 5.74) is 1.22. The van der Waals surface area contributed by atoms with Gasteiger partial charge in [-0.3, -0.25) is 10.1 Å². The van der Waals surface area contributed by atoms with Gasteiger partial charge in [0.25, 0.3) is 5.69 Å². The number of carboxylic acid groups (broad SMARTS) is 1. The maximum absolute atomic E-state index is 11.7. The van der Waals surface area contributed by atoms with Crippen molar-refractivity contribution in [3.8, 4) is 16.9 Å². The Labute approximate surface area is 176 Å². The Morgan fingerprint density at radius 1 is 1.23 bits per heavy atom. The molecule has 0 aliphatic carbocycles. The first kappa shape index (κ1) is 22.4. The van der Waals surface area contributed by atoms with E-state index < -0.39 is 48.3 Å². The second kappa shape index (κ2) is 9.27. The van der Waals surface area contributed by atoms with Crippen LogP contribution in [0.1, 0.15) is 5.56 Å². The number of nitro benzene ring substituents is 1. The van der Waals surface area contributed by atoms with Crippen molar-refractivity contribution in [2.24, 2.45) is 0 Å². The molecule has 1 saturated heterocycles. The van der Waals surface area contributed by atoms with Crippen molar-refractivity contribution in [3.05, 3.63) is 58.1 Å². The predicted molar refractivity (Wildman–Crippen MR) is 107 cm³/mol. The second-order valence-electron chi connectivity index (χ2n) is 7.08. The fourth-order valence-corrected chi connectivity index (χ4v) is 3.46. The number of ether oxygens (including phenoxy) is 2. The molecule has 1 aliphatic heterocycles. The maximum atomic E-state index is 11.7. The largest absolute Gasteiger partial charge is 0.465 e. The van der Waals surface area contributed by atoms with Gasteiger partial charge in [0.15, 0.2) is 0 Å². The molecule has 166 valence electrons. The molecule has 0 bridgehead atoms. The zero-order valence-electron chi connectivity index (χ0n) is 16.4. The zero-order chi connectivity index (χ0) is 22.7. The Kier molecular flexibility index (Phi) is 6.71. The standard InChI is InChI=1S/C20H22N2O9/c1-10-4-2-5-11(8-10)15-12(22(28)29)6-3-7-13(15)30-19-16(21-20(26)27)18(25)17(24)14(9-23)31-19/h2-8,14,16-19,21,23-25H,9H2,1H3,(H,26,27)/t14?,16?,17-,18+,19+/m0/s1. The third-order valence-electron chi connectivity index (χ3n) is 4.92. The summed E-state index contributed by atoms with van der Waals surface area (Å²) in [6.07, 6.45) is -7.49. The lowest BCUT2D eigenvalue weighted by molar-refractivity contribution is -0.384. The van der Waals surface area contributed by atoms with Gasteiger partial charge in [0, 0.05) is 6.07 Å². The predicted octanol–water partition coefficient (Wildman–Crippen LogP) is 1.02. The van der Waals surface area contributed by atoms with Gasteiger partial charge in [0.05, 0.1) is 11.5 Å². The number of nitrogens with zero attached hydrogens (tertiary/aromatic N) is 1. The van der Waals surface area contributed by atoms with Gasteiger partial charge in [-0.05, 0) is 18.6 Å². The van der Waals surface area contributed by atoms with E-state index in [1.54, 1.807) is 18.2 Å². The molecule has 0 spiro atoms. The van der Waals surface area contributed by atoms with Crippen LogP contribution >= 0.6 is 0 Å². The second-order valence-corrected chi connectivity index (χ2v) is 7.08. The summed E-state index contributed by atoms with van der Waals surface area (Å²) in [4.78, 5) is 22.3. The first-order valence-electron chi connectivity index (χ1n) is 9.36. The summed E-state index contributed by atoms with van der Waals surface area (Å²) >= 11 is 0. The van der Waals surface area contributed by atoms with Crippen molar-refractivity contribution in [3.63, 3.8) is 0 Å². The molecular formula is C20H22N2O9. The number of aryl methyl sites for hydroxylation is 1. The molecule has 2 aromatic carbocycles. The van der Waals surface area contributed by atoms with Crippen LogP contribution in [0.15, 0.2) is 42.5 Å². The molecule has 31 heavy (non-hydrogen) atoms. The quantitative estimate of drug-likeness (QED) is 0.329. The van der Waals surface area contributed by atoms with E-state index in [0.717, 1.165) is 5.56 Å². The van der Waals surface area contributed by atoms with E-state index in [2.05, 4.69) is 0 Å². The van der Waals surface area contributed by atoms with Crippen LogP contribution < -0.4 is 10.1 Å². The molecule has 3 rings (SSSR count). The van der Waals surface area contributed by atoms with Crippen molar-refractivity contribution < 1.29 is 39.6 Å². The third-order valence-corrected chi connectivity index (χ3v) is 4.92. The number of carbonyl (C=O) groups is 1. The van der Waals surface area contributed by atoms with Crippen LogP contribution in [0.5, 0.6) is 5.75 Å².